The summed E-state index contributed by atoms with van der Waals surface area (Å²) in [6.45, 7) is 8.10. The Kier molecular flexibility index (Phi) is 4.20. The van der Waals surface area contributed by atoms with Crippen molar-refractivity contribution in [2.75, 3.05) is 0 Å². The van der Waals surface area contributed by atoms with Crippen LogP contribution in [0.1, 0.15) is 53.7 Å². The molecule has 3 heteroatoms. The van der Waals surface area contributed by atoms with Crippen molar-refractivity contribution < 1.29 is 14.3 Å². The van der Waals surface area contributed by atoms with E-state index in [1.54, 1.807) is 0 Å². The van der Waals surface area contributed by atoms with E-state index in [1.807, 2.05) is 24.3 Å². The molecule has 26 heavy (non-hydrogen) atoms. The fraction of sp³-hybridized carbons (Fsp3) is 0.348. The van der Waals surface area contributed by atoms with Crippen molar-refractivity contribution in [3.05, 3.63) is 82.9 Å². The predicted octanol–water partition coefficient (Wildman–Crippen LogP) is 5.14. The Bertz CT molecular complexity index is 796. The summed E-state index contributed by atoms with van der Waals surface area (Å²) in [4.78, 5) is 12.1. The lowest BCUT2D eigenvalue weighted by Crippen LogP contribution is -2.39. The summed E-state index contributed by atoms with van der Waals surface area (Å²) >= 11 is 0. The Morgan fingerprint density at radius 2 is 1.42 bits per heavy atom. The molecule has 0 aromatic heterocycles. The SMILES string of the molecule is C=C1CC2(C[C@@H](c3ccccc3C)O[C@@H](c3ccccc3C)C2)OC1=O. The molecule has 0 aliphatic carbocycles. The van der Waals surface area contributed by atoms with E-state index < -0.39 is 5.60 Å². The van der Waals surface area contributed by atoms with Gasteiger partial charge in [-0.15, -0.1) is 0 Å². The minimum absolute atomic E-state index is 0.103. The zero-order chi connectivity index (χ0) is 18.3. The number of aryl methyl sites for hydroxylation is 2. The smallest absolute Gasteiger partial charge is 0.334 e. The van der Waals surface area contributed by atoms with Crippen molar-refractivity contribution in [1.82, 2.24) is 0 Å². The van der Waals surface area contributed by atoms with Crippen LogP contribution in [0.4, 0.5) is 0 Å². The molecule has 2 saturated heterocycles. The summed E-state index contributed by atoms with van der Waals surface area (Å²) in [7, 11) is 0. The Hall–Kier alpha value is -2.39. The Labute approximate surface area is 154 Å². The van der Waals surface area contributed by atoms with E-state index >= 15 is 0 Å². The van der Waals surface area contributed by atoms with Crippen LogP contribution in [0.25, 0.3) is 0 Å². The van der Waals surface area contributed by atoms with Crippen LogP contribution in [0.3, 0.4) is 0 Å². The molecule has 2 aliphatic rings. The van der Waals surface area contributed by atoms with Gasteiger partial charge in [-0.05, 0) is 36.1 Å². The van der Waals surface area contributed by atoms with Crippen LogP contribution in [0, 0.1) is 13.8 Å². The van der Waals surface area contributed by atoms with Gasteiger partial charge in [-0.1, -0.05) is 55.1 Å². The summed E-state index contributed by atoms with van der Waals surface area (Å²) in [6, 6.07) is 16.6. The summed E-state index contributed by atoms with van der Waals surface area (Å²) in [5.41, 5.74) is 4.77. The maximum absolute atomic E-state index is 12.1. The third-order valence-corrected chi connectivity index (χ3v) is 5.65. The van der Waals surface area contributed by atoms with E-state index in [0.717, 1.165) is 0 Å². The molecular weight excluding hydrogens is 324 g/mol. The van der Waals surface area contributed by atoms with Gasteiger partial charge in [0.1, 0.15) is 5.60 Å². The maximum Gasteiger partial charge on any atom is 0.334 e. The molecular formula is C23H24O3. The topological polar surface area (TPSA) is 35.5 Å². The zero-order valence-electron chi connectivity index (χ0n) is 15.3. The lowest BCUT2D eigenvalue weighted by atomic mass is 9.79. The highest BCUT2D eigenvalue weighted by Gasteiger charge is 2.50. The number of esters is 1. The lowest BCUT2D eigenvalue weighted by Gasteiger charge is -2.42. The number of ether oxygens (including phenoxy) is 2. The third kappa shape index (κ3) is 2.97. The lowest BCUT2D eigenvalue weighted by molar-refractivity contribution is -0.173. The number of carbonyl (C=O) groups excluding carboxylic acids is 1. The van der Waals surface area contributed by atoms with E-state index in [9.17, 15) is 4.79 Å². The van der Waals surface area contributed by atoms with E-state index in [0.29, 0.717) is 24.8 Å². The van der Waals surface area contributed by atoms with E-state index in [1.165, 1.54) is 22.3 Å². The predicted molar refractivity (Wildman–Crippen MR) is 101 cm³/mol. The number of carbonyl (C=O) groups is 1. The molecule has 0 N–H and O–H groups in total. The van der Waals surface area contributed by atoms with E-state index in [4.69, 9.17) is 9.47 Å². The van der Waals surface area contributed by atoms with Crippen LogP contribution < -0.4 is 0 Å². The molecule has 0 saturated carbocycles. The Morgan fingerprint density at radius 1 is 0.923 bits per heavy atom. The van der Waals surface area contributed by atoms with Gasteiger partial charge in [-0.2, -0.15) is 0 Å². The minimum atomic E-state index is -0.522. The first kappa shape index (κ1) is 17.0. The van der Waals surface area contributed by atoms with Gasteiger partial charge < -0.3 is 9.47 Å². The molecule has 3 atom stereocenters. The molecule has 2 fully saturated rings. The fourth-order valence-corrected chi connectivity index (χ4v) is 4.31. The van der Waals surface area contributed by atoms with Gasteiger partial charge in [-0.3, -0.25) is 0 Å². The first-order valence-corrected chi connectivity index (χ1v) is 9.15. The standard InChI is InChI=1S/C23H24O3/c1-15-8-4-6-10-18(15)20-13-23(12-17(3)22(24)26-23)14-21(25-20)19-11-7-5-9-16(19)2/h4-11,20-21H,3,12-14H2,1-2H3/t20-,21+,23?. The maximum atomic E-state index is 12.1. The van der Waals surface area contributed by atoms with Gasteiger partial charge in [0, 0.05) is 24.8 Å². The number of hydrogen-bond acceptors (Lipinski definition) is 3. The highest BCUT2D eigenvalue weighted by molar-refractivity contribution is 5.90. The van der Waals surface area contributed by atoms with Crippen molar-refractivity contribution in [2.24, 2.45) is 0 Å². The van der Waals surface area contributed by atoms with Crippen molar-refractivity contribution in [1.29, 1.82) is 0 Å². The van der Waals surface area contributed by atoms with Gasteiger partial charge in [0.25, 0.3) is 0 Å². The van der Waals surface area contributed by atoms with Crippen LogP contribution in [-0.4, -0.2) is 11.6 Å². The molecule has 2 aromatic carbocycles. The Morgan fingerprint density at radius 3 is 1.85 bits per heavy atom. The highest BCUT2D eigenvalue weighted by Crippen LogP contribution is 2.51. The fourth-order valence-electron chi connectivity index (χ4n) is 4.31. The zero-order valence-corrected chi connectivity index (χ0v) is 15.3. The molecule has 4 rings (SSSR count). The molecule has 0 amide bonds. The molecule has 1 spiro atoms. The van der Waals surface area contributed by atoms with E-state index in [2.05, 4.69) is 44.7 Å². The van der Waals surface area contributed by atoms with Crippen LogP contribution >= 0.6 is 0 Å². The molecule has 1 unspecified atom stereocenters. The van der Waals surface area contributed by atoms with Gasteiger partial charge in [0.2, 0.25) is 0 Å². The van der Waals surface area contributed by atoms with Crippen LogP contribution in [0.2, 0.25) is 0 Å². The number of hydrogen-bond donors (Lipinski definition) is 0. The van der Waals surface area contributed by atoms with E-state index in [-0.39, 0.29) is 18.2 Å². The van der Waals surface area contributed by atoms with Crippen molar-refractivity contribution in [3.8, 4) is 0 Å². The minimum Gasteiger partial charge on any atom is -0.455 e. The van der Waals surface area contributed by atoms with Crippen molar-refractivity contribution in [2.45, 2.75) is 50.9 Å². The van der Waals surface area contributed by atoms with Gasteiger partial charge in [0.15, 0.2) is 0 Å². The van der Waals surface area contributed by atoms with Crippen molar-refractivity contribution in [3.63, 3.8) is 0 Å². The van der Waals surface area contributed by atoms with Crippen LogP contribution in [0.15, 0.2) is 60.7 Å². The third-order valence-electron chi connectivity index (χ3n) is 5.65. The number of benzene rings is 2. The molecule has 3 nitrogen and oxygen atoms in total. The molecule has 2 aliphatic heterocycles. The molecule has 0 bridgehead atoms. The van der Waals surface area contributed by atoms with Gasteiger partial charge in [0.05, 0.1) is 12.2 Å². The van der Waals surface area contributed by atoms with Crippen LogP contribution in [0.5, 0.6) is 0 Å². The second kappa shape index (κ2) is 6.40. The monoisotopic (exact) mass is 348 g/mol. The molecule has 2 aromatic rings. The summed E-state index contributed by atoms with van der Waals surface area (Å²) in [6.07, 6.45) is 1.72. The molecule has 0 radical (unpaired) electrons. The molecule has 134 valence electrons. The van der Waals surface area contributed by atoms with Gasteiger partial charge in [-0.25, -0.2) is 4.79 Å². The summed E-state index contributed by atoms with van der Waals surface area (Å²) in [5, 5.41) is 0. The largest absolute Gasteiger partial charge is 0.455 e. The first-order chi connectivity index (χ1) is 12.5. The second-order valence-electron chi connectivity index (χ2n) is 7.59. The normalized spacial score (nSPS) is 28.4. The summed E-state index contributed by atoms with van der Waals surface area (Å²) < 4.78 is 12.4. The van der Waals surface area contributed by atoms with Crippen LogP contribution in [-0.2, 0) is 14.3 Å². The average Bonchev–Trinajstić information content (AvgIpc) is 2.88. The quantitative estimate of drug-likeness (QED) is 0.557. The van der Waals surface area contributed by atoms with Gasteiger partial charge >= 0.3 is 5.97 Å². The highest BCUT2D eigenvalue weighted by atomic mass is 16.6. The first-order valence-electron chi connectivity index (χ1n) is 9.15. The second-order valence-corrected chi connectivity index (χ2v) is 7.59. The Balaban J connectivity index is 1.74. The average molecular weight is 348 g/mol. The molecule has 2 heterocycles. The van der Waals surface area contributed by atoms with Crippen molar-refractivity contribution >= 4 is 5.97 Å². The summed E-state index contributed by atoms with van der Waals surface area (Å²) in [5.74, 6) is -0.265. The number of rotatable bonds is 2.